The van der Waals surface area contributed by atoms with Crippen LogP contribution in [0.3, 0.4) is 0 Å². The Kier molecular flexibility index (Phi) is 6.64. The lowest BCUT2D eigenvalue weighted by Gasteiger charge is -2.23. The van der Waals surface area contributed by atoms with Gasteiger partial charge in [0.05, 0.1) is 21.5 Å². The highest BCUT2D eigenvalue weighted by Gasteiger charge is 2.24. The number of benzene rings is 2. The summed E-state index contributed by atoms with van der Waals surface area (Å²) in [4.78, 5) is 35.3. The minimum absolute atomic E-state index is 0.0699. The highest BCUT2D eigenvalue weighted by Crippen LogP contribution is 2.28. The van der Waals surface area contributed by atoms with Gasteiger partial charge in [-0.05, 0) is 38.5 Å². The van der Waals surface area contributed by atoms with E-state index in [1.807, 2.05) is 38.1 Å². The summed E-state index contributed by atoms with van der Waals surface area (Å²) >= 11 is 0. The molecule has 9 heteroatoms. The number of likely N-dealkylation sites (N-methyl/N-ethyl adjacent to an activating group) is 1. The van der Waals surface area contributed by atoms with Gasteiger partial charge in [-0.25, -0.2) is 0 Å². The third kappa shape index (κ3) is 4.81. The van der Waals surface area contributed by atoms with Crippen LogP contribution in [-0.2, 0) is 0 Å². The number of carbonyl (C=O) groups is 1. The van der Waals surface area contributed by atoms with Gasteiger partial charge in [0.25, 0.3) is 17.3 Å². The summed E-state index contributed by atoms with van der Waals surface area (Å²) in [5.41, 5.74) is 1.24. The molecule has 0 spiro atoms. The monoisotopic (exact) mass is 386 g/mol. The van der Waals surface area contributed by atoms with Gasteiger partial charge >= 0.3 is 0 Å². The summed E-state index contributed by atoms with van der Waals surface area (Å²) in [7, 11) is 0. The molecule has 148 valence electrons. The molecule has 0 aromatic heterocycles. The summed E-state index contributed by atoms with van der Waals surface area (Å²) in [6.45, 7) is 6.95. The van der Waals surface area contributed by atoms with Crippen LogP contribution in [0.4, 0.5) is 17.1 Å². The van der Waals surface area contributed by atoms with Gasteiger partial charge in [0.2, 0.25) is 0 Å². The first-order valence-corrected chi connectivity index (χ1v) is 8.77. The fourth-order valence-electron chi connectivity index (χ4n) is 2.91. The first kappa shape index (κ1) is 20.8. The standard InChI is InChI=1S/C19H22N4O5/c1-4-21(15-7-5-6-13(2)10-15)9-8-20-19(24)17-11-16(22(25)26)12-18(14(17)3)23(27)28/h5-7,10-12H,4,8-9H2,1-3H3,(H,20,24). The van der Waals surface area contributed by atoms with Crippen molar-refractivity contribution in [3.63, 3.8) is 0 Å². The molecule has 0 heterocycles. The van der Waals surface area contributed by atoms with E-state index >= 15 is 0 Å². The molecule has 9 nitrogen and oxygen atoms in total. The van der Waals surface area contributed by atoms with E-state index in [9.17, 15) is 25.0 Å². The number of hydrogen-bond donors (Lipinski definition) is 1. The SMILES string of the molecule is CCN(CCNC(=O)c1cc([N+](=O)[O-])cc([N+](=O)[O-])c1C)c1cccc(C)c1. The molecule has 2 aromatic rings. The number of nitrogens with zero attached hydrogens (tertiary/aromatic N) is 3. The maximum atomic E-state index is 12.5. The van der Waals surface area contributed by atoms with Crippen LogP contribution in [0.1, 0.15) is 28.4 Å². The summed E-state index contributed by atoms with van der Waals surface area (Å²) in [5.74, 6) is -0.579. The van der Waals surface area contributed by atoms with Crippen molar-refractivity contribution in [1.82, 2.24) is 5.32 Å². The summed E-state index contributed by atoms with van der Waals surface area (Å²) in [5, 5.41) is 24.9. The zero-order valence-electron chi connectivity index (χ0n) is 16.0. The molecule has 28 heavy (non-hydrogen) atoms. The van der Waals surface area contributed by atoms with Crippen LogP contribution < -0.4 is 10.2 Å². The Morgan fingerprint density at radius 3 is 2.39 bits per heavy atom. The van der Waals surface area contributed by atoms with Crippen molar-refractivity contribution in [1.29, 1.82) is 0 Å². The topological polar surface area (TPSA) is 119 Å². The van der Waals surface area contributed by atoms with Crippen molar-refractivity contribution >= 4 is 23.0 Å². The lowest BCUT2D eigenvalue weighted by atomic mass is 10.0. The number of nitro benzene ring substituents is 2. The number of hydrogen-bond acceptors (Lipinski definition) is 6. The second-order valence-corrected chi connectivity index (χ2v) is 6.33. The van der Waals surface area contributed by atoms with Crippen molar-refractivity contribution < 1.29 is 14.6 Å². The largest absolute Gasteiger partial charge is 0.370 e. The quantitative estimate of drug-likeness (QED) is 0.549. The normalized spacial score (nSPS) is 10.4. The molecular formula is C19H22N4O5. The van der Waals surface area contributed by atoms with E-state index in [1.54, 1.807) is 0 Å². The second kappa shape index (κ2) is 8.94. The lowest BCUT2D eigenvalue weighted by Crippen LogP contribution is -2.35. The molecule has 2 rings (SSSR count). The fourth-order valence-corrected chi connectivity index (χ4v) is 2.91. The molecule has 0 fully saturated rings. The van der Waals surface area contributed by atoms with Crippen LogP contribution in [0.5, 0.6) is 0 Å². The number of non-ortho nitro benzene ring substituents is 1. The number of rotatable bonds is 8. The molecule has 0 saturated carbocycles. The molecule has 0 aliphatic rings. The van der Waals surface area contributed by atoms with Gasteiger partial charge in [-0.3, -0.25) is 25.0 Å². The van der Waals surface area contributed by atoms with E-state index < -0.39 is 27.1 Å². The molecule has 0 bridgehead atoms. The van der Waals surface area contributed by atoms with Crippen LogP contribution in [0.25, 0.3) is 0 Å². The van der Waals surface area contributed by atoms with Gasteiger partial charge < -0.3 is 10.2 Å². The second-order valence-electron chi connectivity index (χ2n) is 6.33. The zero-order chi connectivity index (χ0) is 20.8. The molecule has 0 aliphatic carbocycles. The number of carbonyl (C=O) groups excluding carboxylic acids is 1. The molecular weight excluding hydrogens is 364 g/mol. The average Bonchev–Trinajstić information content (AvgIpc) is 2.64. The minimum Gasteiger partial charge on any atom is -0.370 e. The van der Waals surface area contributed by atoms with Crippen LogP contribution in [-0.4, -0.2) is 35.4 Å². The minimum atomic E-state index is -0.750. The van der Waals surface area contributed by atoms with Crippen LogP contribution >= 0.6 is 0 Å². The Labute approximate surface area is 162 Å². The van der Waals surface area contributed by atoms with Gasteiger partial charge in [0.15, 0.2) is 0 Å². The lowest BCUT2D eigenvalue weighted by molar-refractivity contribution is -0.394. The Hall–Kier alpha value is -3.49. The van der Waals surface area contributed by atoms with Crippen molar-refractivity contribution in [2.24, 2.45) is 0 Å². The third-order valence-corrected chi connectivity index (χ3v) is 4.43. The fraction of sp³-hybridized carbons (Fsp3) is 0.316. The maximum absolute atomic E-state index is 12.5. The first-order chi connectivity index (χ1) is 13.2. The number of aryl methyl sites for hydroxylation is 1. The molecule has 0 atom stereocenters. The molecule has 2 aromatic carbocycles. The Balaban J connectivity index is 2.14. The zero-order valence-corrected chi connectivity index (χ0v) is 16.0. The van der Waals surface area contributed by atoms with Gasteiger partial charge in [-0.1, -0.05) is 12.1 Å². The molecule has 0 saturated heterocycles. The summed E-state index contributed by atoms with van der Waals surface area (Å²) in [6, 6.07) is 9.90. The van der Waals surface area contributed by atoms with Gasteiger partial charge in [0.1, 0.15) is 0 Å². The van der Waals surface area contributed by atoms with Gasteiger partial charge in [0, 0.05) is 37.0 Å². The molecule has 1 amide bonds. The van der Waals surface area contributed by atoms with Crippen molar-refractivity contribution in [2.45, 2.75) is 20.8 Å². The molecule has 0 radical (unpaired) electrons. The van der Waals surface area contributed by atoms with E-state index in [1.165, 1.54) is 6.92 Å². The van der Waals surface area contributed by atoms with Gasteiger partial charge in [-0.2, -0.15) is 0 Å². The predicted octanol–water partition coefficient (Wildman–Crippen LogP) is 3.38. The Bertz CT molecular complexity index is 913. The van der Waals surface area contributed by atoms with E-state index in [2.05, 4.69) is 10.2 Å². The molecule has 1 N–H and O–H groups in total. The Morgan fingerprint density at radius 1 is 1.11 bits per heavy atom. The highest BCUT2D eigenvalue weighted by molar-refractivity contribution is 5.97. The Morgan fingerprint density at radius 2 is 1.82 bits per heavy atom. The third-order valence-electron chi connectivity index (χ3n) is 4.43. The highest BCUT2D eigenvalue weighted by atomic mass is 16.6. The number of nitrogens with one attached hydrogen (secondary N) is 1. The molecule has 0 aliphatic heterocycles. The van der Waals surface area contributed by atoms with Crippen molar-refractivity contribution in [3.05, 3.63) is 73.3 Å². The van der Waals surface area contributed by atoms with Crippen LogP contribution in [0, 0.1) is 34.1 Å². The number of nitro groups is 2. The average molecular weight is 386 g/mol. The van der Waals surface area contributed by atoms with Crippen molar-refractivity contribution in [2.75, 3.05) is 24.5 Å². The number of anilines is 1. The first-order valence-electron chi connectivity index (χ1n) is 8.77. The predicted molar refractivity (Wildman–Crippen MR) is 106 cm³/mol. The summed E-state index contributed by atoms with van der Waals surface area (Å²) in [6.07, 6.45) is 0. The van der Waals surface area contributed by atoms with E-state index in [0.29, 0.717) is 6.54 Å². The van der Waals surface area contributed by atoms with Gasteiger partial charge in [-0.15, -0.1) is 0 Å². The molecule has 0 unspecified atom stereocenters. The smallest absolute Gasteiger partial charge is 0.279 e. The summed E-state index contributed by atoms with van der Waals surface area (Å²) < 4.78 is 0. The van der Waals surface area contributed by atoms with Crippen molar-refractivity contribution in [3.8, 4) is 0 Å². The van der Waals surface area contributed by atoms with Crippen LogP contribution in [0.15, 0.2) is 36.4 Å². The van der Waals surface area contributed by atoms with E-state index in [4.69, 9.17) is 0 Å². The van der Waals surface area contributed by atoms with E-state index in [-0.39, 0.29) is 17.7 Å². The number of amides is 1. The van der Waals surface area contributed by atoms with E-state index in [0.717, 1.165) is 29.9 Å². The maximum Gasteiger partial charge on any atom is 0.279 e. The van der Waals surface area contributed by atoms with Crippen LogP contribution in [0.2, 0.25) is 0 Å².